The third kappa shape index (κ3) is 3.21. The molecule has 3 atom stereocenters. The molecule has 0 radical (unpaired) electrons. The fraction of sp³-hybridized carbons (Fsp3) is 0.650. The molecule has 26 heavy (non-hydrogen) atoms. The molecule has 2 fully saturated rings. The van der Waals surface area contributed by atoms with Gasteiger partial charge < -0.3 is 14.7 Å². The Kier molecular flexibility index (Phi) is 5.00. The van der Waals surface area contributed by atoms with Gasteiger partial charge in [0.1, 0.15) is 5.60 Å². The summed E-state index contributed by atoms with van der Waals surface area (Å²) >= 11 is 12.4. The van der Waals surface area contributed by atoms with Crippen molar-refractivity contribution in [2.75, 3.05) is 13.2 Å². The number of rotatable bonds is 2. The van der Waals surface area contributed by atoms with Gasteiger partial charge in [0.25, 0.3) is 0 Å². The van der Waals surface area contributed by atoms with Gasteiger partial charge >= 0.3 is 6.09 Å². The molecule has 1 aliphatic carbocycles. The first-order valence-electron chi connectivity index (χ1n) is 9.07. The Bertz CT molecular complexity index is 717. The number of nitrogens with zero attached hydrogens (tertiary/aromatic N) is 1. The minimum Gasteiger partial charge on any atom is -0.444 e. The Morgan fingerprint density at radius 1 is 1.35 bits per heavy atom. The second-order valence-electron chi connectivity index (χ2n) is 8.93. The van der Waals surface area contributed by atoms with Gasteiger partial charge in [0, 0.05) is 23.4 Å². The Labute approximate surface area is 165 Å². The molecule has 6 heteroatoms. The first-order chi connectivity index (χ1) is 12.0. The SMILES string of the molecule is CC(C)(C)OC(=O)N1C[C@](C)(CO)[C@]2(c3ccc(Cl)c(Cl)c3)CC[C@H]1C2. The van der Waals surface area contributed by atoms with Gasteiger partial charge in [-0.1, -0.05) is 36.2 Å². The third-order valence-electron chi connectivity index (χ3n) is 6.05. The molecule has 3 rings (SSSR count). The molecule has 0 unspecified atom stereocenters. The van der Waals surface area contributed by atoms with E-state index >= 15 is 0 Å². The molecule has 144 valence electrons. The van der Waals surface area contributed by atoms with Gasteiger partial charge in [-0.05, 0) is 57.7 Å². The molecule has 1 saturated heterocycles. The average Bonchev–Trinajstić information content (AvgIpc) is 2.95. The third-order valence-corrected chi connectivity index (χ3v) is 6.79. The first-order valence-corrected chi connectivity index (χ1v) is 9.83. The van der Waals surface area contributed by atoms with Crippen molar-refractivity contribution in [2.45, 2.75) is 64.0 Å². The quantitative estimate of drug-likeness (QED) is 0.757. The van der Waals surface area contributed by atoms with E-state index in [1.165, 1.54) is 0 Å². The molecule has 1 N–H and O–H groups in total. The van der Waals surface area contributed by atoms with Crippen LogP contribution in [0.15, 0.2) is 18.2 Å². The number of fused-ring (bicyclic) bond motifs is 2. The largest absolute Gasteiger partial charge is 0.444 e. The topological polar surface area (TPSA) is 49.8 Å². The molecule has 1 saturated carbocycles. The molecule has 1 aliphatic heterocycles. The maximum atomic E-state index is 12.7. The zero-order valence-corrected chi connectivity index (χ0v) is 17.3. The number of hydrogen-bond acceptors (Lipinski definition) is 3. The lowest BCUT2D eigenvalue weighted by Gasteiger charge is -2.52. The first kappa shape index (κ1) is 19.8. The lowest BCUT2D eigenvalue weighted by Crippen LogP contribution is -2.59. The van der Waals surface area contributed by atoms with Crippen molar-refractivity contribution in [1.82, 2.24) is 4.90 Å². The average molecular weight is 400 g/mol. The summed E-state index contributed by atoms with van der Waals surface area (Å²) in [6, 6.07) is 5.86. The van der Waals surface area contributed by atoms with E-state index in [-0.39, 0.29) is 24.2 Å². The summed E-state index contributed by atoms with van der Waals surface area (Å²) in [6.07, 6.45) is 2.27. The molecule has 2 aliphatic rings. The van der Waals surface area contributed by atoms with Crippen LogP contribution in [0.2, 0.25) is 10.0 Å². The molecular formula is C20H27Cl2NO3. The maximum Gasteiger partial charge on any atom is 0.410 e. The lowest BCUT2D eigenvalue weighted by atomic mass is 9.58. The van der Waals surface area contributed by atoms with Gasteiger partial charge in [0.05, 0.1) is 16.7 Å². The van der Waals surface area contributed by atoms with Crippen LogP contribution in [0.1, 0.15) is 52.5 Å². The number of aliphatic hydroxyl groups excluding tert-OH is 1. The molecule has 1 aromatic carbocycles. The summed E-state index contributed by atoms with van der Waals surface area (Å²) in [4.78, 5) is 14.5. The Morgan fingerprint density at radius 3 is 2.62 bits per heavy atom. The van der Waals surface area contributed by atoms with Gasteiger partial charge in [-0.2, -0.15) is 0 Å². The number of amides is 1. The molecule has 1 heterocycles. The Hall–Kier alpha value is -0.970. The summed E-state index contributed by atoms with van der Waals surface area (Å²) in [5.74, 6) is 0. The highest BCUT2D eigenvalue weighted by Crippen LogP contribution is 2.58. The van der Waals surface area contributed by atoms with Gasteiger partial charge in [0.2, 0.25) is 0 Å². The molecule has 0 aromatic heterocycles. The van der Waals surface area contributed by atoms with E-state index in [1.54, 1.807) is 0 Å². The van der Waals surface area contributed by atoms with Crippen molar-refractivity contribution in [3.8, 4) is 0 Å². The number of piperidine rings is 1. The van der Waals surface area contributed by atoms with E-state index < -0.39 is 11.0 Å². The fourth-order valence-electron chi connectivity index (χ4n) is 4.63. The number of hydrogen-bond donors (Lipinski definition) is 1. The molecule has 1 amide bonds. The number of halogens is 2. The standard InChI is InChI=1S/C20H27Cl2NO3/c1-18(2,3)26-17(25)23-11-19(4,12-24)20(8-7-14(23)10-20)13-5-6-15(21)16(22)9-13/h5-6,9,14,24H,7-8,10-12H2,1-4H3/t14-,19+,20+/m0/s1. The number of likely N-dealkylation sites (tertiary alicyclic amines) is 1. The minimum atomic E-state index is -0.538. The van der Waals surface area contributed by atoms with Crippen LogP contribution >= 0.6 is 23.2 Å². The van der Waals surface area contributed by atoms with E-state index in [9.17, 15) is 9.90 Å². The maximum absolute atomic E-state index is 12.7. The smallest absolute Gasteiger partial charge is 0.410 e. The normalized spacial score (nSPS) is 31.2. The monoisotopic (exact) mass is 399 g/mol. The summed E-state index contributed by atoms with van der Waals surface area (Å²) in [7, 11) is 0. The number of carbonyl (C=O) groups excluding carboxylic acids is 1. The Balaban J connectivity index is 1.96. The van der Waals surface area contributed by atoms with Crippen molar-refractivity contribution in [1.29, 1.82) is 0 Å². The number of carbonyl (C=O) groups is 1. The van der Waals surface area contributed by atoms with Gasteiger partial charge in [-0.3, -0.25) is 0 Å². The van der Waals surface area contributed by atoms with Crippen molar-refractivity contribution >= 4 is 29.3 Å². The van der Waals surface area contributed by atoms with E-state index in [2.05, 4.69) is 6.92 Å². The van der Waals surface area contributed by atoms with Crippen molar-refractivity contribution in [3.05, 3.63) is 33.8 Å². The van der Waals surface area contributed by atoms with E-state index in [0.29, 0.717) is 16.6 Å². The molecule has 0 spiro atoms. The van der Waals surface area contributed by atoms with Crippen LogP contribution in [0.25, 0.3) is 0 Å². The van der Waals surface area contributed by atoms with E-state index in [1.807, 2.05) is 43.9 Å². The van der Waals surface area contributed by atoms with Crippen LogP contribution in [-0.4, -0.2) is 40.9 Å². The van der Waals surface area contributed by atoms with Crippen LogP contribution < -0.4 is 0 Å². The highest BCUT2D eigenvalue weighted by molar-refractivity contribution is 6.42. The predicted octanol–water partition coefficient (Wildman–Crippen LogP) is 5.03. The fourth-order valence-corrected chi connectivity index (χ4v) is 4.93. The van der Waals surface area contributed by atoms with Gasteiger partial charge in [-0.25, -0.2) is 4.79 Å². The summed E-state index contributed by atoms with van der Waals surface area (Å²) in [5, 5.41) is 11.4. The van der Waals surface area contributed by atoms with Crippen LogP contribution in [0, 0.1) is 5.41 Å². The molecule has 2 bridgehead atoms. The lowest BCUT2D eigenvalue weighted by molar-refractivity contribution is -0.0403. The van der Waals surface area contributed by atoms with Gasteiger partial charge in [0.15, 0.2) is 0 Å². The van der Waals surface area contributed by atoms with Crippen LogP contribution in [0.4, 0.5) is 4.79 Å². The summed E-state index contributed by atoms with van der Waals surface area (Å²) < 4.78 is 5.61. The summed E-state index contributed by atoms with van der Waals surface area (Å²) in [5.41, 5.74) is -0.147. The Morgan fingerprint density at radius 2 is 2.04 bits per heavy atom. The van der Waals surface area contributed by atoms with E-state index in [0.717, 1.165) is 24.8 Å². The van der Waals surface area contributed by atoms with Crippen LogP contribution in [0.3, 0.4) is 0 Å². The molecular weight excluding hydrogens is 373 g/mol. The number of benzene rings is 1. The zero-order chi connectivity index (χ0) is 19.3. The van der Waals surface area contributed by atoms with Crippen LogP contribution in [0.5, 0.6) is 0 Å². The van der Waals surface area contributed by atoms with Crippen molar-refractivity contribution < 1.29 is 14.6 Å². The van der Waals surface area contributed by atoms with Gasteiger partial charge in [-0.15, -0.1) is 0 Å². The second-order valence-corrected chi connectivity index (χ2v) is 9.75. The molecule has 1 aromatic rings. The van der Waals surface area contributed by atoms with Crippen molar-refractivity contribution in [2.24, 2.45) is 5.41 Å². The van der Waals surface area contributed by atoms with E-state index in [4.69, 9.17) is 27.9 Å². The second kappa shape index (κ2) is 6.57. The summed E-state index contributed by atoms with van der Waals surface area (Å²) in [6.45, 7) is 8.11. The van der Waals surface area contributed by atoms with Crippen molar-refractivity contribution in [3.63, 3.8) is 0 Å². The molecule has 4 nitrogen and oxygen atoms in total. The highest BCUT2D eigenvalue weighted by Gasteiger charge is 2.59. The number of ether oxygens (including phenoxy) is 1. The predicted molar refractivity (Wildman–Crippen MR) is 104 cm³/mol. The number of aliphatic hydroxyl groups is 1. The highest BCUT2D eigenvalue weighted by atomic mass is 35.5. The minimum absolute atomic E-state index is 0.0146. The van der Waals surface area contributed by atoms with Crippen LogP contribution in [-0.2, 0) is 10.2 Å². The zero-order valence-electron chi connectivity index (χ0n) is 15.8.